The van der Waals surface area contributed by atoms with Gasteiger partial charge >= 0.3 is 5.97 Å². The molecule has 0 spiro atoms. The summed E-state index contributed by atoms with van der Waals surface area (Å²) in [7, 11) is -3.70. The van der Waals surface area contributed by atoms with E-state index in [1.54, 1.807) is 11.8 Å². The van der Waals surface area contributed by atoms with Gasteiger partial charge in [-0.25, -0.2) is 8.42 Å². The maximum atomic E-state index is 12.6. The topological polar surface area (TPSA) is 84.0 Å². The smallest absolute Gasteiger partial charge is 0.309 e. The zero-order chi connectivity index (χ0) is 20.2. The number of piperidine rings is 1. The summed E-state index contributed by atoms with van der Waals surface area (Å²) in [6, 6.07) is 4.38. The molecule has 27 heavy (non-hydrogen) atoms. The average Bonchev–Trinajstić information content (AvgIpc) is 2.61. The Hall–Kier alpha value is -1.51. The molecule has 7 nitrogen and oxygen atoms in total. The van der Waals surface area contributed by atoms with Gasteiger partial charge in [-0.05, 0) is 38.0 Å². The van der Waals surface area contributed by atoms with Crippen molar-refractivity contribution in [3.05, 3.63) is 28.2 Å². The van der Waals surface area contributed by atoms with Crippen LogP contribution in [0.25, 0.3) is 0 Å². The Kier molecular flexibility index (Phi) is 7.36. The summed E-state index contributed by atoms with van der Waals surface area (Å²) in [6.45, 7) is 2.48. The van der Waals surface area contributed by atoms with Gasteiger partial charge in [0.05, 0.1) is 34.5 Å². The Morgan fingerprint density at radius 1 is 1.22 bits per heavy atom. The van der Waals surface area contributed by atoms with E-state index in [9.17, 15) is 18.0 Å². The molecule has 0 N–H and O–H groups in total. The number of hydrogen-bond donors (Lipinski definition) is 0. The van der Waals surface area contributed by atoms with Crippen LogP contribution in [0.4, 0.5) is 5.69 Å². The second-order valence-electron chi connectivity index (χ2n) is 6.28. The average molecular weight is 437 g/mol. The Labute approximate surface area is 169 Å². The molecule has 1 fully saturated rings. The standard InChI is InChI=1S/C17H22Cl2N2O5S/c1-3-26-17(23)12-6-8-20(9-7-12)16(22)11-21(27(2,24)25)13-4-5-14(18)15(19)10-13/h4-5,10,12H,3,6-9,11H2,1-2H3. The van der Waals surface area contributed by atoms with E-state index in [0.29, 0.717) is 37.6 Å². The lowest BCUT2D eigenvalue weighted by Gasteiger charge is -2.32. The van der Waals surface area contributed by atoms with Crippen molar-refractivity contribution >= 4 is 50.8 Å². The number of rotatable bonds is 6. The van der Waals surface area contributed by atoms with Crippen LogP contribution in [-0.4, -0.2) is 57.7 Å². The summed E-state index contributed by atoms with van der Waals surface area (Å²) < 4.78 is 30.4. The lowest BCUT2D eigenvalue weighted by molar-refractivity contribution is -0.151. The maximum Gasteiger partial charge on any atom is 0.309 e. The fraction of sp³-hybridized carbons (Fsp3) is 0.529. The number of hydrogen-bond acceptors (Lipinski definition) is 5. The third-order valence-electron chi connectivity index (χ3n) is 4.34. The lowest BCUT2D eigenvalue weighted by atomic mass is 9.97. The van der Waals surface area contributed by atoms with Crippen molar-refractivity contribution in [3.63, 3.8) is 0 Å². The third kappa shape index (κ3) is 5.73. The Morgan fingerprint density at radius 2 is 1.85 bits per heavy atom. The van der Waals surface area contributed by atoms with Gasteiger partial charge in [0.2, 0.25) is 15.9 Å². The van der Waals surface area contributed by atoms with Crippen LogP contribution in [-0.2, 0) is 24.3 Å². The number of nitrogens with zero attached hydrogens (tertiary/aromatic N) is 2. The Bertz CT molecular complexity index is 808. The summed E-state index contributed by atoms with van der Waals surface area (Å²) in [5, 5.41) is 0.492. The van der Waals surface area contributed by atoms with E-state index >= 15 is 0 Å². The fourth-order valence-corrected chi connectivity index (χ4v) is 4.02. The van der Waals surface area contributed by atoms with Gasteiger partial charge in [-0.3, -0.25) is 13.9 Å². The van der Waals surface area contributed by atoms with E-state index in [2.05, 4.69) is 0 Å². The molecule has 0 bridgehead atoms. The van der Waals surface area contributed by atoms with Gasteiger partial charge in [-0.1, -0.05) is 23.2 Å². The number of halogens is 2. The van der Waals surface area contributed by atoms with Gasteiger partial charge in [0.15, 0.2) is 0 Å². The highest BCUT2D eigenvalue weighted by Crippen LogP contribution is 2.28. The summed E-state index contributed by atoms with van der Waals surface area (Å²) >= 11 is 11.8. The molecule has 10 heteroatoms. The minimum absolute atomic E-state index is 0.200. The number of amides is 1. The zero-order valence-corrected chi connectivity index (χ0v) is 17.5. The Morgan fingerprint density at radius 3 is 2.37 bits per heavy atom. The number of carbonyl (C=O) groups is 2. The molecule has 0 atom stereocenters. The molecule has 1 aromatic carbocycles. The van der Waals surface area contributed by atoms with Crippen LogP contribution in [0.2, 0.25) is 10.0 Å². The van der Waals surface area contributed by atoms with Crippen LogP contribution in [0.5, 0.6) is 0 Å². The maximum absolute atomic E-state index is 12.6. The quantitative estimate of drug-likeness (QED) is 0.639. The third-order valence-corrected chi connectivity index (χ3v) is 6.22. The largest absolute Gasteiger partial charge is 0.466 e. The normalized spacial score (nSPS) is 15.5. The second kappa shape index (κ2) is 9.12. The van der Waals surface area contributed by atoms with Crippen LogP contribution < -0.4 is 4.31 Å². The highest BCUT2D eigenvalue weighted by Gasteiger charge is 2.30. The molecule has 0 aromatic heterocycles. The van der Waals surface area contributed by atoms with Crippen molar-refractivity contribution < 1.29 is 22.7 Å². The minimum Gasteiger partial charge on any atom is -0.466 e. The predicted molar refractivity (Wildman–Crippen MR) is 105 cm³/mol. The molecular weight excluding hydrogens is 415 g/mol. The van der Waals surface area contributed by atoms with Crippen LogP contribution in [0.1, 0.15) is 19.8 Å². The van der Waals surface area contributed by atoms with Gasteiger partial charge in [0.1, 0.15) is 6.54 Å². The molecule has 1 aromatic rings. The van der Waals surface area contributed by atoms with Crippen molar-refractivity contribution in [1.29, 1.82) is 0 Å². The number of likely N-dealkylation sites (tertiary alicyclic amines) is 1. The fourth-order valence-electron chi connectivity index (χ4n) is 2.89. The molecule has 1 saturated heterocycles. The summed E-state index contributed by atoms with van der Waals surface area (Å²) in [6.07, 6.45) is 2.02. The molecule has 1 aliphatic rings. The molecular formula is C17H22Cl2N2O5S. The summed E-state index contributed by atoms with van der Waals surface area (Å²) in [5.41, 5.74) is 0.265. The van der Waals surface area contributed by atoms with E-state index in [1.807, 2.05) is 0 Å². The highest BCUT2D eigenvalue weighted by atomic mass is 35.5. The zero-order valence-electron chi connectivity index (χ0n) is 15.2. The molecule has 1 heterocycles. The van der Waals surface area contributed by atoms with Crippen molar-refractivity contribution in [3.8, 4) is 0 Å². The first-order valence-electron chi connectivity index (χ1n) is 8.50. The number of sulfonamides is 1. The monoisotopic (exact) mass is 436 g/mol. The molecule has 0 saturated carbocycles. The predicted octanol–water partition coefficient (Wildman–Crippen LogP) is 2.56. The molecule has 1 aliphatic heterocycles. The van der Waals surface area contributed by atoms with Crippen LogP contribution >= 0.6 is 23.2 Å². The number of esters is 1. The van der Waals surface area contributed by atoms with Crippen molar-refractivity contribution in [2.75, 3.05) is 36.8 Å². The summed E-state index contributed by atoms with van der Waals surface area (Å²) in [5.74, 6) is -0.818. The van der Waals surface area contributed by atoms with Crippen molar-refractivity contribution in [2.45, 2.75) is 19.8 Å². The van der Waals surface area contributed by atoms with Gasteiger partial charge in [0.25, 0.3) is 0 Å². The molecule has 1 amide bonds. The van der Waals surface area contributed by atoms with Crippen molar-refractivity contribution in [1.82, 2.24) is 4.90 Å². The molecule has 0 radical (unpaired) electrons. The van der Waals surface area contributed by atoms with Crippen LogP contribution in [0.15, 0.2) is 18.2 Å². The minimum atomic E-state index is -3.70. The first-order valence-corrected chi connectivity index (χ1v) is 11.1. The van der Waals surface area contributed by atoms with E-state index in [1.165, 1.54) is 18.2 Å². The first-order chi connectivity index (χ1) is 12.6. The second-order valence-corrected chi connectivity index (χ2v) is 9.00. The summed E-state index contributed by atoms with van der Waals surface area (Å²) in [4.78, 5) is 26.0. The van der Waals surface area contributed by atoms with Crippen molar-refractivity contribution in [2.24, 2.45) is 5.92 Å². The first kappa shape index (κ1) is 21.8. The SMILES string of the molecule is CCOC(=O)C1CCN(C(=O)CN(c2ccc(Cl)c(Cl)c2)S(C)(=O)=O)CC1. The van der Waals surface area contributed by atoms with Crippen LogP contribution in [0, 0.1) is 5.92 Å². The van der Waals surface area contributed by atoms with Crippen LogP contribution in [0.3, 0.4) is 0 Å². The van der Waals surface area contributed by atoms with Gasteiger partial charge in [0, 0.05) is 13.1 Å². The van der Waals surface area contributed by atoms with Gasteiger partial charge in [-0.15, -0.1) is 0 Å². The Balaban J connectivity index is 2.07. The molecule has 0 aliphatic carbocycles. The van der Waals surface area contributed by atoms with E-state index in [4.69, 9.17) is 27.9 Å². The number of anilines is 1. The van der Waals surface area contributed by atoms with E-state index in [-0.39, 0.29) is 35.0 Å². The van der Waals surface area contributed by atoms with E-state index in [0.717, 1.165) is 10.6 Å². The van der Waals surface area contributed by atoms with Gasteiger partial charge < -0.3 is 9.64 Å². The molecule has 2 rings (SSSR count). The lowest BCUT2D eigenvalue weighted by Crippen LogP contribution is -2.46. The number of carbonyl (C=O) groups excluding carboxylic acids is 2. The number of ether oxygens (including phenoxy) is 1. The molecule has 150 valence electrons. The van der Waals surface area contributed by atoms with E-state index < -0.39 is 10.0 Å². The number of benzene rings is 1. The van der Waals surface area contributed by atoms with Gasteiger partial charge in [-0.2, -0.15) is 0 Å². The highest BCUT2D eigenvalue weighted by molar-refractivity contribution is 7.92. The molecule has 0 unspecified atom stereocenters.